The Kier molecular flexibility index (Phi) is 5.35. The second-order valence-corrected chi connectivity index (χ2v) is 6.42. The van der Waals surface area contributed by atoms with Gasteiger partial charge in [0.05, 0.1) is 16.5 Å². The van der Waals surface area contributed by atoms with Crippen LogP contribution in [-0.4, -0.2) is 23.9 Å². The molecule has 0 unspecified atom stereocenters. The predicted molar refractivity (Wildman–Crippen MR) is 92.5 cm³/mol. The number of thiophene rings is 1. The van der Waals surface area contributed by atoms with E-state index in [1.807, 2.05) is 0 Å². The van der Waals surface area contributed by atoms with Crippen molar-refractivity contribution in [1.82, 2.24) is 0 Å². The molecule has 6 nitrogen and oxygen atoms in total. The van der Waals surface area contributed by atoms with Gasteiger partial charge in [0.15, 0.2) is 0 Å². The van der Waals surface area contributed by atoms with Gasteiger partial charge in [-0.2, -0.15) is 0 Å². The van der Waals surface area contributed by atoms with Crippen molar-refractivity contribution in [2.45, 2.75) is 26.9 Å². The Morgan fingerprint density at radius 1 is 1.17 bits per heavy atom. The second-order valence-electron chi connectivity index (χ2n) is 5.40. The third-order valence-corrected chi connectivity index (χ3v) is 4.40. The van der Waals surface area contributed by atoms with E-state index in [0.29, 0.717) is 11.1 Å². The fraction of sp³-hybridized carbons (Fsp3) is 0.235. The van der Waals surface area contributed by atoms with Gasteiger partial charge in [0.25, 0.3) is 11.8 Å². The van der Waals surface area contributed by atoms with Crippen LogP contribution in [-0.2, 0) is 4.74 Å². The fourth-order valence-corrected chi connectivity index (χ4v) is 3.16. The van der Waals surface area contributed by atoms with Gasteiger partial charge >= 0.3 is 5.97 Å². The zero-order valence-corrected chi connectivity index (χ0v) is 14.4. The number of nitrogens with one attached hydrogen (secondary N) is 1. The molecule has 24 heavy (non-hydrogen) atoms. The predicted octanol–water partition coefficient (Wildman–Crippen LogP) is 2.97. The van der Waals surface area contributed by atoms with E-state index in [2.05, 4.69) is 5.32 Å². The van der Waals surface area contributed by atoms with Crippen LogP contribution in [0.15, 0.2) is 30.3 Å². The highest BCUT2D eigenvalue weighted by Gasteiger charge is 2.26. The molecule has 3 N–H and O–H groups in total. The molecular weight excluding hydrogens is 328 g/mol. The van der Waals surface area contributed by atoms with Crippen molar-refractivity contribution in [3.63, 3.8) is 0 Å². The average Bonchev–Trinajstić information content (AvgIpc) is 2.84. The van der Waals surface area contributed by atoms with Crippen LogP contribution < -0.4 is 11.1 Å². The van der Waals surface area contributed by atoms with Crippen molar-refractivity contribution in [2.75, 3.05) is 5.32 Å². The Balaban J connectivity index is 2.41. The molecule has 0 spiro atoms. The van der Waals surface area contributed by atoms with E-state index in [4.69, 9.17) is 10.5 Å². The summed E-state index contributed by atoms with van der Waals surface area (Å²) in [5.74, 6) is -1.64. The van der Waals surface area contributed by atoms with Crippen LogP contribution in [0.25, 0.3) is 0 Å². The van der Waals surface area contributed by atoms with E-state index in [0.717, 1.165) is 11.3 Å². The number of ether oxygens (including phenoxy) is 1. The lowest BCUT2D eigenvalue weighted by atomic mass is 10.1. The minimum Gasteiger partial charge on any atom is -0.459 e. The number of rotatable bonds is 5. The van der Waals surface area contributed by atoms with E-state index in [-0.39, 0.29) is 27.5 Å². The molecule has 2 aromatic rings. The van der Waals surface area contributed by atoms with Crippen LogP contribution >= 0.6 is 11.3 Å². The topological polar surface area (TPSA) is 98.5 Å². The molecule has 0 saturated carbocycles. The highest BCUT2D eigenvalue weighted by atomic mass is 32.1. The highest BCUT2D eigenvalue weighted by molar-refractivity contribution is 7.18. The zero-order chi connectivity index (χ0) is 17.9. The summed E-state index contributed by atoms with van der Waals surface area (Å²) in [6.07, 6.45) is -0.327. The molecule has 0 saturated heterocycles. The first kappa shape index (κ1) is 17.7. The Hall–Kier alpha value is -2.67. The molecular formula is C17H18N2O4S. The second kappa shape index (κ2) is 7.27. The Bertz CT molecular complexity index is 781. The van der Waals surface area contributed by atoms with Gasteiger partial charge < -0.3 is 15.8 Å². The molecule has 2 rings (SSSR count). The summed E-state index contributed by atoms with van der Waals surface area (Å²) in [5, 5.41) is 2.92. The number of primary amides is 1. The molecule has 1 aromatic carbocycles. The van der Waals surface area contributed by atoms with E-state index in [1.54, 1.807) is 51.1 Å². The molecule has 0 atom stereocenters. The molecule has 1 aromatic heterocycles. The lowest BCUT2D eigenvalue weighted by Gasteiger charge is -2.10. The van der Waals surface area contributed by atoms with E-state index in [1.165, 1.54) is 0 Å². The Labute approximate surface area is 143 Å². The van der Waals surface area contributed by atoms with Crippen molar-refractivity contribution >= 4 is 34.1 Å². The normalized spacial score (nSPS) is 10.5. The molecule has 0 bridgehead atoms. The molecule has 0 radical (unpaired) electrons. The zero-order valence-electron chi connectivity index (χ0n) is 13.6. The molecule has 7 heteroatoms. The number of hydrogen-bond acceptors (Lipinski definition) is 5. The van der Waals surface area contributed by atoms with Crippen molar-refractivity contribution in [2.24, 2.45) is 5.73 Å². The SMILES string of the molecule is Cc1c(C(N)=O)sc(NC(=O)c2ccccc2)c1C(=O)OC(C)C. The lowest BCUT2D eigenvalue weighted by molar-refractivity contribution is 0.0379. The Morgan fingerprint density at radius 3 is 2.33 bits per heavy atom. The van der Waals surface area contributed by atoms with Gasteiger partial charge in [0.2, 0.25) is 0 Å². The van der Waals surface area contributed by atoms with E-state index in [9.17, 15) is 14.4 Å². The maximum atomic E-state index is 12.3. The van der Waals surface area contributed by atoms with Gasteiger partial charge in [-0.1, -0.05) is 18.2 Å². The number of nitrogens with two attached hydrogens (primary N) is 1. The molecule has 0 fully saturated rings. The molecule has 2 amide bonds. The molecule has 1 heterocycles. The van der Waals surface area contributed by atoms with E-state index >= 15 is 0 Å². The number of esters is 1. The number of hydrogen-bond donors (Lipinski definition) is 2. The smallest absolute Gasteiger partial charge is 0.341 e. The molecule has 0 aliphatic heterocycles. The summed E-state index contributed by atoms with van der Waals surface area (Å²) in [6.45, 7) is 5.04. The monoisotopic (exact) mass is 346 g/mol. The van der Waals surface area contributed by atoms with Crippen molar-refractivity contribution < 1.29 is 19.1 Å². The number of carbonyl (C=O) groups is 3. The number of benzene rings is 1. The van der Waals surface area contributed by atoms with Gasteiger partial charge in [-0.05, 0) is 38.5 Å². The number of amides is 2. The quantitative estimate of drug-likeness (QED) is 0.813. The minimum atomic E-state index is -0.656. The largest absolute Gasteiger partial charge is 0.459 e. The summed E-state index contributed by atoms with van der Waals surface area (Å²) in [6, 6.07) is 8.56. The first-order valence-corrected chi connectivity index (χ1v) is 8.13. The van der Waals surface area contributed by atoms with Crippen molar-refractivity contribution in [3.05, 3.63) is 51.9 Å². The summed E-state index contributed by atoms with van der Waals surface area (Å²) in [7, 11) is 0. The minimum absolute atomic E-state index is 0.159. The van der Waals surface area contributed by atoms with E-state index < -0.39 is 11.9 Å². The van der Waals surface area contributed by atoms with Crippen LogP contribution in [0.3, 0.4) is 0 Å². The molecule has 126 valence electrons. The van der Waals surface area contributed by atoms with Crippen LogP contribution in [0.4, 0.5) is 5.00 Å². The highest BCUT2D eigenvalue weighted by Crippen LogP contribution is 2.34. The maximum Gasteiger partial charge on any atom is 0.341 e. The maximum absolute atomic E-state index is 12.3. The Morgan fingerprint density at radius 2 is 1.79 bits per heavy atom. The first-order valence-electron chi connectivity index (χ1n) is 7.31. The van der Waals surface area contributed by atoms with Crippen molar-refractivity contribution in [1.29, 1.82) is 0 Å². The van der Waals surface area contributed by atoms with Gasteiger partial charge in [-0.25, -0.2) is 4.79 Å². The summed E-state index contributed by atoms with van der Waals surface area (Å²) in [5.41, 5.74) is 6.35. The van der Waals surface area contributed by atoms with Gasteiger partial charge in [0, 0.05) is 5.56 Å². The van der Waals surface area contributed by atoms with Crippen LogP contribution in [0.2, 0.25) is 0 Å². The number of carbonyl (C=O) groups excluding carboxylic acids is 3. The molecule has 0 aliphatic carbocycles. The fourth-order valence-electron chi connectivity index (χ4n) is 2.12. The third-order valence-electron chi connectivity index (χ3n) is 3.18. The summed E-state index contributed by atoms with van der Waals surface area (Å²) < 4.78 is 5.20. The van der Waals surface area contributed by atoms with Crippen LogP contribution in [0, 0.1) is 6.92 Å². The van der Waals surface area contributed by atoms with Gasteiger partial charge in [0.1, 0.15) is 5.00 Å². The molecule has 0 aliphatic rings. The number of anilines is 1. The van der Waals surface area contributed by atoms with Crippen LogP contribution in [0.1, 0.15) is 49.8 Å². The van der Waals surface area contributed by atoms with Crippen LogP contribution in [0.5, 0.6) is 0 Å². The third kappa shape index (κ3) is 3.80. The van der Waals surface area contributed by atoms with Crippen molar-refractivity contribution in [3.8, 4) is 0 Å². The summed E-state index contributed by atoms with van der Waals surface area (Å²) >= 11 is 0.965. The average molecular weight is 346 g/mol. The lowest BCUT2D eigenvalue weighted by Crippen LogP contribution is -2.17. The van der Waals surface area contributed by atoms with Gasteiger partial charge in [-0.15, -0.1) is 11.3 Å². The first-order chi connectivity index (χ1) is 11.3. The standard InChI is InChI=1S/C17H18N2O4S/c1-9(2)23-17(22)12-10(3)13(14(18)20)24-16(12)19-15(21)11-7-5-4-6-8-11/h4-9H,1-3H3,(H2,18,20)(H,19,21). The summed E-state index contributed by atoms with van der Waals surface area (Å²) in [4.78, 5) is 36.4. The van der Waals surface area contributed by atoms with Gasteiger partial charge in [-0.3, -0.25) is 9.59 Å².